The number of hydrogen-bond donors (Lipinski definition) is 1. The van der Waals surface area contributed by atoms with Crippen molar-refractivity contribution in [3.05, 3.63) is 63.4 Å². The average Bonchev–Trinajstić information content (AvgIpc) is 2.78. The van der Waals surface area contributed by atoms with Gasteiger partial charge in [0.25, 0.3) is 0 Å². The number of hydrogen-bond acceptors (Lipinski definition) is 3. The monoisotopic (exact) mass is 367 g/mol. The molecule has 0 radical (unpaired) electrons. The number of pyridine rings is 1. The van der Waals surface area contributed by atoms with Crippen LogP contribution in [0.25, 0.3) is 5.57 Å². The third kappa shape index (κ3) is 3.10. The van der Waals surface area contributed by atoms with Gasteiger partial charge in [0.15, 0.2) is 0 Å². The lowest BCUT2D eigenvalue weighted by Gasteiger charge is -2.29. The van der Waals surface area contributed by atoms with Crippen molar-refractivity contribution in [2.24, 2.45) is 0 Å². The van der Waals surface area contributed by atoms with E-state index in [0.29, 0.717) is 5.69 Å². The van der Waals surface area contributed by atoms with Crippen molar-refractivity contribution < 1.29 is 4.79 Å². The number of nitrogens with two attached hydrogens (primary N) is 1. The van der Waals surface area contributed by atoms with Gasteiger partial charge in [-0.2, -0.15) is 0 Å². The van der Waals surface area contributed by atoms with Crippen LogP contribution in [0.2, 0.25) is 5.02 Å². The van der Waals surface area contributed by atoms with Gasteiger partial charge in [-0.3, -0.25) is 9.78 Å². The Labute approximate surface area is 158 Å². The molecule has 26 heavy (non-hydrogen) atoms. The molecule has 2 aliphatic rings. The van der Waals surface area contributed by atoms with Gasteiger partial charge in [-0.15, -0.1) is 0 Å². The molecule has 1 saturated heterocycles. The fourth-order valence-corrected chi connectivity index (χ4v) is 4.25. The molecular weight excluding hydrogens is 346 g/mol. The van der Waals surface area contributed by atoms with Gasteiger partial charge in [0.05, 0.1) is 17.6 Å². The second-order valence-electron chi connectivity index (χ2n) is 7.06. The number of likely N-dealkylation sites (tertiary alicyclic amines) is 1. The van der Waals surface area contributed by atoms with Crippen molar-refractivity contribution in [1.82, 2.24) is 9.88 Å². The number of rotatable bonds is 0. The molecule has 2 aromatic rings. The highest BCUT2D eigenvalue weighted by atomic mass is 35.5. The number of piperidine rings is 1. The topological polar surface area (TPSA) is 59.2 Å². The van der Waals surface area contributed by atoms with E-state index in [1.165, 1.54) is 27.8 Å². The fraction of sp³-hybridized carbons (Fsp3) is 0.333. The molecule has 0 atom stereocenters. The lowest BCUT2D eigenvalue weighted by molar-refractivity contribution is -0.129. The molecular formula is C21H22ClN3O. The molecule has 0 spiro atoms. The van der Waals surface area contributed by atoms with Crippen LogP contribution in [0.15, 0.2) is 36.0 Å². The first-order chi connectivity index (χ1) is 12.5. The van der Waals surface area contributed by atoms with Crippen LogP contribution in [0.5, 0.6) is 0 Å². The number of anilines is 1. The third-order valence-electron chi connectivity index (χ3n) is 5.39. The Bertz CT molecular complexity index is 854. The first kappa shape index (κ1) is 17.1. The maximum atomic E-state index is 11.7. The molecule has 4 nitrogen and oxygen atoms in total. The summed E-state index contributed by atoms with van der Waals surface area (Å²) in [6.45, 7) is 3.17. The van der Waals surface area contributed by atoms with Gasteiger partial charge in [-0.1, -0.05) is 23.2 Å². The van der Waals surface area contributed by atoms with E-state index in [4.69, 9.17) is 22.3 Å². The highest BCUT2D eigenvalue weighted by molar-refractivity contribution is 6.30. The van der Waals surface area contributed by atoms with Gasteiger partial charge in [0.2, 0.25) is 5.91 Å². The van der Waals surface area contributed by atoms with Crippen LogP contribution in [0.4, 0.5) is 5.69 Å². The van der Waals surface area contributed by atoms with Gasteiger partial charge in [-0.05, 0) is 60.6 Å². The van der Waals surface area contributed by atoms with E-state index in [2.05, 4.69) is 12.1 Å². The summed E-state index contributed by atoms with van der Waals surface area (Å²) in [4.78, 5) is 18.3. The zero-order chi connectivity index (χ0) is 18.3. The molecule has 0 saturated carbocycles. The Hall–Kier alpha value is -2.33. The largest absolute Gasteiger partial charge is 0.397 e. The van der Waals surface area contributed by atoms with Crippen molar-refractivity contribution >= 4 is 28.8 Å². The van der Waals surface area contributed by atoms with Gasteiger partial charge in [0, 0.05) is 30.6 Å². The Morgan fingerprint density at radius 1 is 1.12 bits per heavy atom. The Morgan fingerprint density at radius 2 is 1.85 bits per heavy atom. The van der Waals surface area contributed by atoms with Crippen LogP contribution < -0.4 is 5.73 Å². The van der Waals surface area contributed by atoms with E-state index in [1.54, 1.807) is 13.1 Å². The summed E-state index contributed by atoms with van der Waals surface area (Å²) < 4.78 is 0. The van der Waals surface area contributed by atoms with Gasteiger partial charge in [-0.25, -0.2) is 0 Å². The van der Waals surface area contributed by atoms with Crippen molar-refractivity contribution in [3.8, 4) is 0 Å². The minimum Gasteiger partial charge on any atom is -0.397 e. The fourth-order valence-electron chi connectivity index (χ4n) is 4.05. The molecule has 4 rings (SSSR count). The van der Waals surface area contributed by atoms with E-state index in [0.717, 1.165) is 49.5 Å². The number of benzene rings is 1. The summed E-state index contributed by atoms with van der Waals surface area (Å²) in [6, 6.07) is 8.18. The van der Waals surface area contributed by atoms with Crippen molar-refractivity contribution in [3.63, 3.8) is 0 Å². The summed E-state index contributed by atoms with van der Waals surface area (Å²) in [5.74, 6) is 0.147. The van der Waals surface area contributed by atoms with Crippen LogP contribution in [-0.4, -0.2) is 28.9 Å². The number of aromatic nitrogens is 1. The predicted octanol–water partition coefficient (Wildman–Crippen LogP) is 3.86. The molecule has 1 aliphatic heterocycles. The molecule has 1 aromatic carbocycles. The zero-order valence-corrected chi connectivity index (χ0v) is 15.6. The molecule has 0 unspecified atom stereocenters. The van der Waals surface area contributed by atoms with Crippen molar-refractivity contribution in [1.29, 1.82) is 0 Å². The standard InChI is InChI=1S/C21H22ClN3O/c1-13(26)25-8-6-14(7-9-25)20-19-5-4-17(22)10-15(19)2-3-16-11-18(23)12-24-21(16)20/h4-5,10-12H,2-3,6-9,23H2,1H3. The first-order valence-electron chi connectivity index (χ1n) is 9.04. The van der Waals surface area contributed by atoms with Crippen LogP contribution >= 0.6 is 11.6 Å². The molecule has 134 valence electrons. The molecule has 5 heteroatoms. The Kier molecular flexibility index (Phi) is 4.45. The maximum absolute atomic E-state index is 11.7. The van der Waals surface area contributed by atoms with E-state index < -0.39 is 0 Å². The summed E-state index contributed by atoms with van der Waals surface area (Å²) in [7, 11) is 0. The first-order valence-corrected chi connectivity index (χ1v) is 9.42. The summed E-state index contributed by atoms with van der Waals surface area (Å²) >= 11 is 6.26. The number of nitrogen functional groups attached to an aromatic ring is 1. The van der Waals surface area contributed by atoms with E-state index >= 15 is 0 Å². The SMILES string of the molecule is CC(=O)N1CCC(=C2c3ccc(Cl)cc3CCc3cc(N)cnc32)CC1. The number of aryl methyl sites for hydroxylation is 2. The number of halogens is 1. The molecule has 1 amide bonds. The minimum atomic E-state index is 0.147. The minimum absolute atomic E-state index is 0.147. The van der Waals surface area contributed by atoms with Crippen LogP contribution in [0, 0.1) is 0 Å². The summed E-state index contributed by atoms with van der Waals surface area (Å²) in [5, 5.41) is 0.762. The predicted molar refractivity (Wildman–Crippen MR) is 105 cm³/mol. The van der Waals surface area contributed by atoms with E-state index in [1.807, 2.05) is 17.0 Å². The van der Waals surface area contributed by atoms with Gasteiger partial charge in [0.1, 0.15) is 0 Å². The molecule has 2 heterocycles. The highest BCUT2D eigenvalue weighted by Crippen LogP contribution is 2.38. The van der Waals surface area contributed by atoms with Crippen molar-refractivity contribution in [2.75, 3.05) is 18.8 Å². The zero-order valence-electron chi connectivity index (χ0n) is 14.9. The molecule has 2 N–H and O–H groups in total. The van der Waals surface area contributed by atoms with Gasteiger partial charge < -0.3 is 10.6 Å². The summed E-state index contributed by atoms with van der Waals surface area (Å²) in [6.07, 6.45) is 5.32. The van der Waals surface area contributed by atoms with E-state index in [-0.39, 0.29) is 5.91 Å². The number of amides is 1. The van der Waals surface area contributed by atoms with Gasteiger partial charge >= 0.3 is 0 Å². The normalized spacial score (nSPS) is 16.8. The Balaban J connectivity index is 1.87. The summed E-state index contributed by atoms with van der Waals surface area (Å²) in [5.41, 5.74) is 14.0. The van der Waals surface area contributed by atoms with Crippen LogP contribution in [-0.2, 0) is 17.6 Å². The average molecular weight is 368 g/mol. The smallest absolute Gasteiger partial charge is 0.219 e. The quantitative estimate of drug-likeness (QED) is 0.769. The second-order valence-corrected chi connectivity index (χ2v) is 7.50. The number of fused-ring (bicyclic) bond motifs is 2. The lowest BCUT2D eigenvalue weighted by Crippen LogP contribution is -2.34. The Morgan fingerprint density at radius 3 is 2.58 bits per heavy atom. The number of carbonyl (C=O) groups is 1. The third-order valence-corrected chi connectivity index (χ3v) is 5.63. The molecule has 1 aliphatic carbocycles. The van der Waals surface area contributed by atoms with E-state index in [9.17, 15) is 4.79 Å². The molecule has 1 fully saturated rings. The highest BCUT2D eigenvalue weighted by Gasteiger charge is 2.25. The van der Waals surface area contributed by atoms with Crippen LogP contribution in [0.1, 0.15) is 42.1 Å². The number of carbonyl (C=O) groups excluding carboxylic acids is 1. The second kappa shape index (κ2) is 6.76. The molecule has 1 aromatic heterocycles. The lowest BCUT2D eigenvalue weighted by atomic mass is 9.88. The van der Waals surface area contributed by atoms with Crippen LogP contribution in [0.3, 0.4) is 0 Å². The molecule has 0 bridgehead atoms. The number of nitrogens with zero attached hydrogens (tertiary/aromatic N) is 2. The maximum Gasteiger partial charge on any atom is 0.219 e. The van der Waals surface area contributed by atoms with Crippen molar-refractivity contribution in [2.45, 2.75) is 32.6 Å².